The Bertz CT molecular complexity index is 1180. The van der Waals surface area contributed by atoms with Gasteiger partial charge in [-0.25, -0.2) is 9.78 Å². The summed E-state index contributed by atoms with van der Waals surface area (Å²) < 4.78 is 2.20. The number of nitrogens with zero attached hydrogens (tertiary/aromatic N) is 2. The zero-order valence-electron chi connectivity index (χ0n) is 20.7. The Hall–Kier alpha value is -2.80. The first kappa shape index (κ1) is 25.8. The fourth-order valence-corrected chi connectivity index (χ4v) is 4.76. The van der Waals surface area contributed by atoms with Crippen LogP contribution >= 0.6 is 12.6 Å². The Kier molecular flexibility index (Phi) is 8.08. The van der Waals surface area contributed by atoms with Crippen LogP contribution in [-0.4, -0.2) is 31.8 Å². The molecule has 182 valence electrons. The van der Waals surface area contributed by atoms with Gasteiger partial charge in [0.05, 0.1) is 21.8 Å². The van der Waals surface area contributed by atoms with Crippen molar-refractivity contribution in [2.45, 2.75) is 72.2 Å². The Labute approximate surface area is 207 Å². The number of fused-ring (bicyclic) bond motifs is 1. The van der Waals surface area contributed by atoms with Crippen LogP contribution in [0, 0.1) is 12.3 Å². The number of imidazole rings is 1. The molecular weight excluding hydrogens is 446 g/mol. The lowest BCUT2D eigenvalue weighted by Gasteiger charge is -2.22. The molecule has 0 fully saturated rings. The number of carboxylic acid groups (broad SMARTS) is 1. The zero-order valence-corrected chi connectivity index (χ0v) is 21.6. The molecule has 3 aromatic rings. The maximum Gasteiger partial charge on any atom is 0.335 e. The molecule has 0 spiro atoms. The number of thiol groups is 1. The molecule has 1 heterocycles. The number of carbonyl (C=O) groups excluding carboxylic acids is 1. The second-order valence-electron chi connectivity index (χ2n) is 10.1. The topological polar surface area (TPSA) is 84.2 Å². The number of aromatic carboxylic acids is 1. The standard InChI is InChI=1S/C27H35N3O3S/c1-6-7-23-29-24-17(2)12-19(15-28-25(31)22(34)14-27(3,4)5)13-21(24)30(23)16-18-8-10-20(11-9-18)26(32)33/h8-13,22,34H,6-7,14-16H2,1-5H3,(H,28,31)(H,32,33). The highest BCUT2D eigenvalue weighted by molar-refractivity contribution is 7.81. The van der Waals surface area contributed by atoms with E-state index in [9.17, 15) is 14.7 Å². The highest BCUT2D eigenvalue weighted by Crippen LogP contribution is 2.26. The second-order valence-corrected chi connectivity index (χ2v) is 10.8. The first-order valence-electron chi connectivity index (χ1n) is 11.7. The maximum atomic E-state index is 12.6. The Balaban J connectivity index is 1.88. The van der Waals surface area contributed by atoms with Crippen molar-refractivity contribution >= 4 is 35.5 Å². The highest BCUT2D eigenvalue weighted by atomic mass is 32.1. The maximum absolute atomic E-state index is 12.6. The zero-order chi connectivity index (χ0) is 25.0. The molecule has 0 aliphatic rings. The predicted octanol–water partition coefficient (Wildman–Crippen LogP) is 5.39. The largest absolute Gasteiger partial charge is 0.478 e. The third-order valence-corrected chi connectivity index (χ3v) is 6.19. The molecule has 1 amide bonds. The van der Waals surface area contributed by atoms with Gasteiger partial charge < -0.3 is 15.0 Å². The van der Waals surface area contributed by atoms with E-state index >= 15 is 0 Å². The molecule has 0 radical (unpaired) electrons. The number of rotatable bonds is 9. The number of benzene rings is 2. The van der Waals surface area contributed by atoms with Crippen LogP contribution in [0.4, 0.5) is 0 Å². The summed E-state index contributed by atoms with van der Waals surface area (Å²) in [5, 5.41) is 11.9. The molecule has 0 bridgehead atoms. The molecule has 34 heavy (non-hydrogen) atoms. The van der Waals surface area contributed by atoms with E-state index in [0.717, 1.165) is 46.4 Å². The normalized spacial score (nSPS) is 12.6. The lowest BCUT2D eigenvalue weighted by Crippen LogP contribution is -2.33. The van der Waals surface area contributed by atoms with Crippen molar-refractivity contribution < 1.29 is 14.7 Å². The summed E-state index contributed by atoms with van der Waals surface area (Å²) in [4.78, 5) is 28.7. The van der Waals surface area contributed by atoms with E-state index < -0.39 is 5.97 Å². The van der Waals surface area contributed by atoms with Gasteiger partial charge in [-0.1, -0.05) is 45.9 Å². The Morgan fingerprint density at radius 3 is 2.41 bits per heavy atom. The summed E-state index contributed by atoms with van der Waals surface area (Å²) in [5.41, 5.74) is 5.38. The van der Waals surface area contributed by atoms with Gasteiger partial charge in [0.2, 0.25) is 5.91 Å². The van der Waals surface area contributed by atoms with Crippen LogP contribution in [-0.2, 0) is 24.3 Å². The van der Waals surface area contributed by atoms with Crippen molar-refractivity contribution in [1.82, 2.24) is 14.9 Å². The van der Waals surface area contributed by atoms with Gasteiger partial charge in [-0.3, -0.25) is 4.79 Å². The van der Waals surface area contributed by atoms with E-state index in [1.54, 1.807) is 12.1 Å². The van der Waals surface area contributed by atoms with Gasteiger partial charge in [0, 0.05) is 19.5 Å². The van der Waals surface area contributed by atoms with Crippen LogP contribution in [0.2, 0.25) is 0 Å². The van der Waals surface area contributed by atoms with Crippen LogP contribution in [0.3, 0.4) is 0 Å². The summed E-state index contributed by atoms with van der Waals surface area (Å²) in [6, 6.07) is 11.1. The molecule has 2 N–H and O–H groups in total. The van der Waals surface area contributed by atoms with Crippen molar-refractivity contribution in [2.75, 3.05) is 0 Å². The van der Waals surface area contributed by atoms with Gasteiger partial charge in [-0.2, -0.15) is 12.6 Å². The molecule has 6 nitrogen and oxygen atoms in total. The molecule has 0 aliphatic carbocycles. The van der Waals surface area contributed by atoms with E-state index in [1.807, 2.05) is 19.1 Å². The van der Waals surface area contributed by atoms with Crippen LogP contribution in [0.25, 0.3) is 11.0 Å². The summed E-state index contributed by atoms with van der Waals surface area (Å²) in [5.74, 6) is 0.0129. The van der Waals surface area contributed by atoms with Gasteiger partial charge >= 0.3 is 5.97 Å². The third kappa shape index (κ3) is 6.41. The van der Waals surface area contributed by atoms with Gasteiger partial charge in [0.1, 0.15) is 5.82 Å². The number of aromatic nitrogens is 2. The van der Waals surface area contributed by atoms with E-state index in [2.05, 4.69) is 62.3 Å². The first-order valence-corrected chi connectivity index (χ1v) is 12.3. The van der Waals surface area contributed by atoms with Crippen LogP contribution < -0.4 is 5.32 Å². The van der Waals surface area contributed by atoms with Crippen molar-refractivity contribution in [2.24, 2.45) is 5.41 Å². The van der Waals surface area contributed by atoms with Crippen molar-refractivity contribution in [1.29, 1.82) is 0 Å². The van der Waals surface area contributed by atoms with Gasteiger partial charge in [-0.05, 0) is 60.1 Å². The Morgan fingerprint density at radius 2 is 1.82 bits per heavy atom. The third-order valence-electron chi connectivity index (χ3n) is 5.77. The minimum atomic E-state index is -0.931. The van der Waals surface area contributed by atoms with Crippen molar-refractivity contribution in [3.05, 3.63) is 64.5 Å². The van der Waals surface area contributed by atoms with E-state index in [-0.39, 0.29) is 22.1 Å². The van der Waals surface area contributed by atoms with Gasteiger partial charge in [-0.15, -0.1) is 0 Å². The molecular formula is C27H35N3O3S. The number of nitrogens with one attached hydrogen (secondary N) is 1. The monoisotopic (exact) mass is 481 g/mol. The number of amides is 1. The van der Waals surface area contributed by atoms with Gasteiger partial charge in [0.15, 0.2) is 0 Å². The molecule has 1 aromatic heterocycles. The fourth-order valence-electron chi connectivity index (χ4n) is 4.12. The molecule has 0 saturated carbocycles. The number of aryl methyl sites for hydroxylation is 2. The second kappa shape index (κ2) is 10.6. The van der Waals surface area contributed by atoms with E-state index in [1.165, 1.54) is 0 Å². The fraction of sp³-hybridized carbons (Fsp3) is 0.444. The molecule has 1 unspecified atom stereocenters. The lowest BCUT2D eigenvalue weighted by atomic mass is 9.90. The summed E-state index contributed by atoms with van der Waals surface area (Å²) in [7, 11) is 0. The number of carboxylic acids is 1. The minimum Gasteiger partial charge on any atom is -0.478 e. The number of hydrogen-bond donors (Lipinski definition) is 3. The van der Waals surface area contributed by atoms with E-state index in [4.69, 9.17) is 4.98 Å². The van der Waals surface area contributed by atoms with Gasteiger partial charge in [0.25, 0.3) is 0 Å². The predicted molar refractivity (Wildman–Crippen MR) is 140 cm³/mol. The first-order chi connectivity index (χ1) is 16.0. The van der Waals surface area contributed by atoms with Crippen molar-refractivity contribution in [3.8, 4) is 0 Å². The molecule has 1 atom stereocenters. The average molecular weight is 482 g/mol. The van der Waals surface area contributed by atoms with E-state index in [0.29, 0.717) is 19.5 Å². The number of carbonyl (C=O) groups is 2. The van der Waals surface area contributed by atoms with Crippen LogP contribution in [0.15, 0.2) is 36.4 Å². The molecule has 3 rings (SSSR count). The van der Waals surface area contributed by atoms with Crippen molar-refractivity contribution in [3.63, 3.8) is 0 Å². The minimum absolute atomic E-state index is 0.0318. The molecule has 0 aliphatic heterocycles. The average Bonchev–Trinajstić information content (AvgIpc) is 3.09. The summed E-state index contributed by atoms with van der Waals surface area (Å²) >= 11 is 4.50. The Morgan fingerprint density at radius 1 is 1.15 bits per heavy atom. The molecule has 2 aromatic carbocycles. The molecule has 7 heteroatoms. The molecule has 0 saturated heterocycles. The lowest BCUT2D eigenvalue weighted by molar-refractivity contribution is -0.121. The summed E-state index contributed by atoms with van der Waals surface area (Å²) in [6.07, 6.45) is 2.52. The highest BCUT2D eigenvalue weighted by Gasteiger charge is 2.22. The summed E-state index contributed by atoms with van der Waals surface area (Å²) in [6.45, 7) is 11.5. The smallest absolute Gasteiger partial charge is 0.335 e. The SMILES string of the molecule is CCCc1nc2c(C)cc(CNC(=O)C(S)CC(C)(C)C)cc2n1Cc1ccc(C(=O)O)cc1. The van der Waals surface area contributed by atoms with Crippen LogP contribution in [0.1, 0.15) is 73.4 Å². The quantitative estimate of drug-likeness (QED) is 0.358. The van der Waals surface area contributed by atoms with Crippen LogP contribution in [0.5, 0.6) is 0 Å². The number of hydrogen-bond acceptors (Lipinski definition) is 4.